The molecule has 1 aromatic rings. The molecule has 3 heteroatoms. The van der Waals surface area contributed by atoms with Gasteiger partial charge >= 0.3 is 0 Å². The van der Waals surface area contributed by atoms with Gasteiger partial charge in [0.2, 0.25) is 0 Å². The Kier molecular flexibility index (Phi) is 4.70. The van der Waals surface area contributed by atoms with Crippen LogP contribution in [-0.2, 0) is 11.3 Å². The first-order valence-electron chi connectivity index (χ1n) is 7.14. The van der Waals surface area contributed by atoms with Crippen molar-refractivity contribution in [2.24, 2.45) is 11.8 Å². The smallest absolute Gasteiger partial charge is 0.141 e. The molecule has 0 bridgehead atoms. The Balaban J connectivity index is 1.87. The SMILES string of the molecule is COc1ccc(COC2CCC(C)C(C)C2)cc1N. The van der Waals surface area contributed by atoms with Gasteiger partial charge in [-0.25, -0.2) is 0 Å². The number of hydrogen-bond acceptors (Lipinski definition) is 3. The summed E-state index contributed by atoms with van der Waals surface area (Å²) in [6.07, 6.45) is 4.02. The van der Waals surface area contributed by atoms with E-state index in [2.05, 4.69) is 13.8 Å². The Morgan fingerprint density at radius 2 is 2.00 bits per heavy atom. The second kappa shape index (κ2) is 6.29. The predicted octanol–water partition coefficient (Wildman–Crippen LogP) is 3.62. The summed E-state index contributed by atoms with van der Waals surface area (Å²) in [6, 6.07) is 5.86. The van der Waals surface area contributed by atoms with Gasteiger partial charge in [0.05, 0.1) is 25.5 Å². The summed E-state index contributed by atoms with van der Waals surface area (Å²) in [4.78, 5) is 0. The van der Waals surface area contributed by atoms with Gasteiger partial charge in [-0.3, -0.25) is 0 Å². The Hall–Kier alpha value is -1.22. The summed E-state index contributed by atoms with van der Waals surface area (Å²) >= 11 is 0. The fraction of sp³-hybridized carbons (Fsp3) is 0.625. The lowest BCUT2D eigenvalue weighted by atomic mass is 9.80. The molecule has 0 aromatic heterocycles. The molecular weight excluding hydrogens is 238 g/mol. The highest BCUT2D eigenvalue weighted by Crippen LogP contribution is 2.31. The largest absolute Gasteiger partial charge is 0.495 e. The monoisotopic (exact) mass is 263 g/mol. The van der Waals surface area contributed by atoms with Gasteiger partial charge in [0, 0.05) is 0 Å². The van der Waals surface area contributed by atoms with E-state index in [0.29, 0.717) is 18.4 Å². The van der Waals surface area contributed by atoms with Gasteiger partial charge in [-0.1, -0.05) is 19.9 Å². The van der Waals surface area contributed by atoms with Crippen molar-refractivity contribution >= 4 is 5.69 Å². The van der Waals surface area contributed by atoms with E-state index in [1.54, 1.807) is 7.11 Å². The van der Waals surface area contributed by atoms with Crippen LogP contribution in [0.3, 0.4) is 0 Å². The van der Waals surface area contributed by atoms with Crippen molar-refractivity contribution in [3.8, 4) is 5.75 Å². The van der Waals surface area contributed by atoms with E-state index in [4.69, 9.17) is 15.2 Å². The zero-order chi connectivity index (χ0) is 13.8. The molecule has 1 saturated carbocycles. The van der Waals surface area contributed by atoms with Crippen LogP contribution in [0, 0.1) is 11.8 Å². The van der Waals surface area contributed by atoms with Crippen LogP contribution in [0.2, 0.25) is 0 Å². The summed E-state index contributed by atoms with van der Waals surface area (Å²) in [5.74, 6) is 2.32. The van der Waals surface area contributed by atoms with Crippen molar-refractivity contribution in [1.29, 1.82) is 0 Å². The summed E-state index contributed by atoms with van der Waals surface area (Å²) in [5.41, 5.74) is 7.69. The summed E-state index contributed by atoms with van der Waals surface area (Å²) < 4.78 is 11.2. The quantitative estimate of drug-likeness (QED) is 0.844. The average molecular weight is 263 g/mol. The first-order chi connectivity index (χ1) is 9.10. The second-order valence-electron chi connectivity index (χ2n) is 5.78. The van der Waals surface area contributed by atoms with E-state index >= 15 is 0 Å². The maximum Gasteiger partial charge on any atom is 0.141 e. The molecular formula is C16H25NO2. The molecule has 0 aliphatic heterocycles. The van der Waals surface area contributed by atoms with E-state index in [1.165, 1.54) is 19.3 Å². The minimum absolute atomic E-state index is 0.398. The maximum atomic E-state index is 6.02. The first-order valence-corrected chi connectivity index (χ1v) is 7.14. The third-order valence-electron chi connectivity index (χ3n) is 4.33. The van der Waals surface area contributed by atoms with E-state index < -0.39 is 0 Å². The molecule has 3 nitrogen and oxygen atoms in total. The van der Waals surface area contributed by atoms with Crippen LogP contribution < -0.4 is 10.5 Å². The number of nitrogen functional groups attached to an aromatic ring is 1. The van der Waals surface area contributed by atoms with Gasteiger partial charge in [0.25, 0.3) is 0 Å². The number of nitrogens with two attached hydrogens (primary N) is 1. The van der Waals surface area contributed by atoms with Crippen LogP contribution >= 0.6 is 0 Å². The molecule has 1 aromatic carbocycles. The topological polar surface area (TPSA) is 44.5 Å². The highest BCUT2D eigenvalue weighted by Gasteiger charge is 2.24. The summed E-state index contributed by atoms with van der Waals surface area (Å²) in [6.45, 7) is 5.30. The highest BCUT2D eigenvalue weighted by molar-refractivity contribution is 5.54. The van der Waals surface area contributed by atoms with Gasteiger partial charge in [-0.15, -0.1) is 0 Å². The highest BCUT2D eigenvalue weighted by atomic mass is 16.5. The number of hydrogen-bond donors (Lipinski definition) is 1. The average Bonchev–Trinajstić information content (AvgIpc) is 2.40. The van der Waals surface area contributed by atoms with E-state index in [-0.39, 0.29) is 0 Å². The Morgan fingerprint density at radius 3 is 2.63 bits per heavy atom. The number of ether oxygens (including phenoxy) is 2. The molecule has 1 fully saturated rings. The van der Waals surface area contributed by atoms with Gasteiger partial charge < -0.3 is 15.2 Å². The lowest BCUT2D eigenvalue weighted by Crippen LogP contribution is -2.26. The normalized spacial score (nSPS) is 27.2. The predicted molar refractivity (Wildman–Crippen MR) is 78.2 cm³/mol. The molecule has 1 aliphatic carbocycles. The lowest BCUT2D eigenvalue weighted by Gasteiger charge is -2.32. The number of methoxy groups -OCH3 is 1. The zero-order valence-corrected chi connectivity index (χ0v) is 12.2. The van der Waals surface area contributed by atoms with Crippen LogP contribution in [0.1, 0.15) is 38.7 Å². The molecule has 0 saturated heterocycles. The summed E-state index contributed by atoms with van der Waals surface area (Å²) in [7, 11) is 1.63. The van der Waals surface area contributed by atoms with E-state index in [0.717, 1.165) is 23.1 Å². The van der Waals surface area contributed by atoms with Crippen molar-refractivity contribution in [1.82, 2.24) is 0 Å². The molecule has 19 heavy (non-hydrogen) atoms. The number of benzene rings is 1. The molecule has 0 spiro atoms. The third kappa shape index (κ3) is 3.63. The van der Waals surface area contributed by atoms with Crippen LogP contribution in [0.4, 0.5) is 5.69 Å². The van der Waals surface area contributed by atoms with Gasteiger partial charge in [-0.2, -0.15) is 0 Å². The molecule has 2 rings (SSSR count). The number of anilines is 1. The zero-order valence-electron chi connectivity index (χ0n) is 12.2. The van der Waals surface area contributed by atoms with Crippen LogP contribution in [0.5, 0.6) is 5.75 Å². The van der Waals surface area contributed by atoms with Crippen molar-refractivity contribution in [2.75, 3.05) is 12.8 Å². The van der Waals surface area contributed by atoms with E-state index in [9.17, 15) is 0 Å². The molecule has 1 aliphatic rings. The van der Waals surface area contributed by atoms with Crippen LogP contribution in [0.15, 0.2) is 18.2 Å². The van der Waals surface area contributed by atoms with Crippen molar-refractivity contribution in [3.05, 3.63) is 23.8 Å². The minimum Gasteiger partial charge on any atom is -0.495 e. The third-order valence-corrected chi connectivity index (χ3v) is 4.33. The Bertz CT molecular complexity index is 419. The number of rotatable bonds is 4. The molecule has 3 atom stereocenters. The van der Waals surface area contributed by atoms with Crippen molar-refractivity contribution in [3.63, 3.8) is 0 Å². The van der Waals surface area contributed by atoms with Crippen molar-refractivity contribution in [2.45, 2.75) is 45.8 Å². The standard InChI is InChI=1S/C16H25NO2/c1-11-4-6-14(8-12(11)2)19-10-13-5-7-16(18-3)15(17)9-13/h5,7,9,11-12,14H,4,6,8,10,17H2,1-3H3. The molecule has 2 N–H and O–H groups in total. The van der Waals surface area contributed by atoms with Gasteiger partial charge in [0.1, 0.15) is 5.75 Å². The first kappa shape index (κ1) is 14.2. The molecule has 0 amide bonds. The minimum atomic E-state index is 0.398. The van der Waals surface area contributed by atoms with Gasteiger partial charge in [0.15, 0.2) is 0 Å². The van der Waals surface area contributed by atoms with Gasteiger partial charge in [-0.05, 0) is 48.8 Å². The molecule has 3 unspecified atom stereocenters. The van der Waals surface area contributed by atoms with Crippen LogP contribution in [-0.4, -0.2) is 13.2 Å². The van der Waals surface area contributed by atoms with E-state index in [1.807, 2.05) is 18.2 Å². The molecule has 0 radical (unpaired) electrons. The van der Waals surface area contributed by atoms with Crippen LogP contribution in [0.25, 0.3) is 0 Å². The molecule has 106 valence electrons. The Labute approximate surface area is 116 Å². The van der Waals surface area contributed by atoms with Crippen molar-refractivity contribution < 1.29 is 9.47 Å². The fourth-order valence-electron chi connectivity index (χ4n) is 2.74. The molecule has 0 heterocycles. The Morgan fingerprint density at radius 1 is 1.21 bits per heavy atom. The fourth-order valence-corrected chi connectivity index (χ4v) is 2.74. The second-order valence-corrected chi connectivity index (χ2v) is 5.78. The maximum absolute atomic E-state index is 6.02. The summed E-state index contributed by atoms with van der Waals surface area (Å²) in [5, 5.41) is 0. The lowest BCUT2D eigenvalue weighted by molar-refractivity contribution is -0.00744.